The van der Waals surface area contributed by atoms with E-state index in [-0.39, 0.29) is 5.82 Å². The standard InChI is InChI=1S/C16H22FNO/c1-10(2)7-13-14-8-12(17)5-6-15(14)19-16(13)9-18-11(3)4/h5-6,8,10-11,18H,7,9H2,1-4H3. The van der Waals surface area contributed by atoms with Crippen LogP contribution >= 0.6 is 0 Å². The van der Waals surface area contributed by atoms with Crippen molar-refractivity contribution >= 4 is 11.0 Å². The van der Waals surface area contributed by atoms with Gasteiger partial charge in [0.1, 0.15) is 17.2 Å². The van der Waals surface area contributed by atoms with E-state index in [2.05, 4.69) is 33.0 Å². The summed E-state index contributed by atoms with van der Waals surface area (Å²) in [5, 5.41) is 4.27. The molecule has 0 spiro atoms. The van der Waals surface area contributed by atoms with Crippen LogP contribution in [0.5, 0.6) is 0 Å². The second-order valence-electron chi connectivity index (χ2n) is 5.78. The minimum atomic E-state index is -0.207. The van der Waals surface area contributed by atoms with Crippen LogP contribution in [0.3, 0.4) is 0 Å². The average molecular weight is 263 g/mol. The third kappa shape index (κ3) is 3.35. The molecule has 0 radical (unpaired) electrons. The maximum Gasteiger partial charge on any atom is 0.134 e. The normalized spacial score (nSPS) is 11.9. The fraction of sp³-hybridized carbons (Fsp3) is 0.500. The van der Waals surface area contributed by atoms with Crippen LogP contribution in [-0.2, 0) is 13.0 Å². The van der Waals surface area contributed by atoms with Gasteiger partial charge in [-0.05, 0) is 30.5 Å². The molecule has 1 aromatic heterocycles. The van der Waals surface area contributed by atoms with Crippen molar-refractivity contribution in [2.45, 2.75) is 46.7 Å². The van der Waals surface area contributed by atoms with Crippen molar-refractivity contribution in [1.29, 1.82) is 0 Å². The Balaban J connectivity index is 2.42. The van der Waals surface area contributed by atoms with Gasteiger partial charge in [0.15, 0.2) is 0 Å². The fourth-order valence-electron chi connectivity index (χ4n) is 2.24. The molecule has 0 unspecified atom stereocenters. The molecule has 1 heterocycles. The Morgan fingerprint density at radius 1 is 1.21 bits per heavy atom. The third-order valence-electron chi connectivity index (χ3n) is 3.12. The Kier molecular flexibility index (Phi) is 4.25. The number of fused-ring (bicyclic) bond motifs is 1. The summed E-state index contributed by atoms with van der Waals surface area (Å²) < 4.78 is 19.3. The zero-order valence-electron chi connectivity index (χ0n) is 12.1. The highest BCUT2D eigenvalue weighted by molar-refractivity contribution is 5.82. The average Bonchev–Trinajstić information content (AvgIpc) is 2.64. The number of benzene rings is 1. The van der Waals surface area contributed by atoms with Crippen LogP contribution < -0.4 is 5.32 Å². The second-order valence-corrected chi connectivity index (χ2v) is 5.78. The van der Waals surface area contributed by atoms with E-state index in [1.165, 1.54) is 6.07 Å². The van der Waals surface area contributed by atoms with Gasteiger partial charge in [-0.1, -0.05) is 27.7 Å². The lowest BCUT2D eigenvalue weighted by atomic mass is 9.99. The zero-order chi connectivity index (χ0) is 14.0. The van der Waals surface area contributed by atoms with Crippen molar-refractivity contribution in [2.24, 2.45) is 5.92 Å². The minimum absolute atomic E-state index is 0.207. The first-order chi connectivity index (χ1) is 8.97. The highest BCUT2D eigenvalue weighted by Gasteiger charge is 2.16. The molecule has 0 aliphatic carbocycles. The van der Waals surface area contributed by atoms with Gasteiger partial charge >= 0.3 is 0 Å². The van der Waals surface area contributed by atoms with Crippen molar-refractivity contribution in [1.82, 2.24) is 5.32 Å². The molecule has 0 fully saturated rings. The lowest BCUT2D eigenvalue weighted by Gasteiger charge is -2.09. The van der Waals surface area contributed by atoms with Gasteiger partial charge in [0.2, 0.25) is 0 Å². The van der Waals surface area contributed by atoms with Gasteiger partial charge in [0.05, 0.1) is 6.54 Å². The Morgan fingerprint density at radius 3 is 2.58 bits per heavy atom. The molecule has 0 saturated heterocycles. The summed E-state index contributed by atoms with van der Waals surface area (Å²) in [4.78, 5) is 0. The predicted octanol–water partition coefficient (Wildman–Crippen LogP) is 4.27. The lowest BCUT2D eigenvalue weighted by Crippen LogP contribution is -2.22. The molecule has 2 nitrogen and oxygen atoms in total. The molecule has 0 saturated carbocycles. The van der Waals surface area contributed by atoms with E-state index in [0.717, 1.165) is 28.7 Å². The maximum atomic E-state index is 13.4. The number of halogens is 1. The number of furan rings is 1. The number of hydrogen-bond acceptors (Lipinski definition) is 2. The third-order valence-corrected chi connectivity index (χ3v) is 3.12. The molecule has 0 bridgehead atoms. The predicted molar refractivity (Wildman–Crippen MR) is 76.7 cm³/mol. The van der Waals surface area contributed by atoms with Crippen LogP contribution in [0.4, 0.5) is 4.39 Å². The molecule has 3 heteroatoms. The van der Waals surface area contributed by atoms with Gasteiger partial charge in [-0.15, -0.1) is 0 Å². The smallest absolute Gasteiger partial charge is 0.134 e. The molecule has 0 aliphatic heterocycles. The monoisotopic (exact) mass is 263 g/mol. The largest absolute Gasteiger partial charge is 0.459 e. The number of rotatable bonds is 5. The molecular weight excluding hydrogens is 241 g/mol. The van der Waals surface area contributed by atoms with Gasteiger partial charge in [0.25, 0.3) is 0 Å². The summed E-state index contributed by atoms with van der Waals surface area (Å²) in [6.07, 6.45) is 0.908. The van der Waals surface area contributed by atoms with Gasteiger partial charge in [-0.25, -0.2) is 4.39 Å². The maximum absolute atomic E-state index is 13.4. The fourth-order valence-corrected chi connectivity index (χ4v) is 2.24. The Labute approximate surface area is 114 Å². The molecule has 0 amide bonds. The Bertz CT molecular complexity index is 557. The van der Waals surface area contributed by atoms with Crippen LogP contribution in [0.15, 0.2) is 22.6 Å². The van der Waals surface area contributed by atoms with E-state index in [0.29, 0.717) is 18.5 Å². The van der Waals surface area contributed by atoms with Crippen LogP contribution in [0.25, 0.3) is 11.0 Å². The van der Waals surface area contributed by atoms with Crippen LogP contribution in [-0.4, -0.2) is 6.04 Å². The second kappa shape index (κ2) is 5.74. The molecule has 0 aliphatic rings. The summed E-state index contributed by atoms with van der Waals surface area (Å²) in [7, 11) is 0. The van der Waals surface area contributed by atoms with E-state index >= 15 is 0 Å². The van der Waals surface area contributed by atoms with E-state index in [9.17, 15) is 4.39 Å². The van der Waals surface area contributed by atoms with Gasteiger partial charge in [-0.2, -0.15) is 0 Å². The van der Waals surface area contributed by atoms with Crippen molar-refractivity contribution in [2.75, 3.05) is 0 Å². The van der Waals surface area contributed by atoms with Gasteiger partial charge < -0.3 is 9.73 Å². The van der Waals surface area contributed by atoms with E-state index in [1.54, 1.807) is 12.1 Å². The Hall–Kier alpha value is -1.35. The van der Waals surface area contributed by atoms with Crippen molar-refractivity contribution in [3.63, 3.8) is 0 Å². The highest BCUT2D eigenvalue weighted by Crippen LogP contribution is 2.29. The zero-order valence-corrected chi connectivity index (χ0v) is 12.1. The van der Waals surface area contributed by atoms with Crippen LogP contribution in [0.2, 0.25) is 0 Å². The lowest BCUT2D eigenvalue weighted by molar-refractivity contribution is 0.478. The SMILES string of the molecule is CC(C)Cc1c(CNC(C)C)oc2ccc(F)cc12. The highest BCUT2D eigenvalue weighted by atomic mass is 19.1. The molecule has 104 valence electrons. The molecule has 1 N–H and O–H groups in total. The van der Waals surface area contributed by atoms with E-state index in [4.69, 9.17) is 4.42 Å². The molecule has 19 heavy (non-hydrogen) atoms. The summed E-state index contributed by atoms with van der Waals surface area (Å²) in [6, 6.07) is 5.14. The quantitative estimate of drug-likeness (QED) is 0.871. The van der Waals surface area contributed by atoms with Crippen molar-refractivity contribution in [3.8, 4) is 0 Å². The van der Waals surface area contributed by atoms with E-state index in [1.807, 2.05) is 0 Å². The van der Waals surface area contributed by atoms with Crippen LogP contribution in [0.1, 0.15) is 39.0 Å². The van der Waals surface area contributed by atoms with Crippen molar-refractivity contribution < 1.29 is 8.81 Å². The molecule has 0 atom stereocenters. The first-order valence-corrected chi connectivity index (χ1v) is 6.90. The number of hydrogen-bond donors (Lipinski definition) is 1. The molecular formula is C16H22FNO. The van der Waals surface area contributed by atoms with Gasteiger partial charge in [0, 0.05) is 17.0 Å². The molecule has 1 aromatic carbocycles. The van der Waals surface area contributed by atoms with Crippen molar-refractivity contribution in [3.05, 3.63) is 35.3 Å². The Morgan fingerprint density at radius 2 is 1.95 bits per heavy atom. The minimum Gasteiger partial charge on any atom is -0.459 e. The first-order valence-electron chi connectivity index (χ1n) is 6.90. The summed E-state index contributed by atoms with van der Waals surface area (Å²) in [6.45, 7) is 9.22. The van der Waals surface area contributed by atoms with Crippen LogP contribution in [0, 0.1) is 11.7 Å². The number of nitrogens with one attached hydrogen (secondary N) is 1. The molecule has 2 rings (SSSR count). The topological polar surface area (TPSA) is 25.2 Å². The van der Waals surface area contributed by atoms with Gasteiger partial charge in [-0.3, -0.25) is 0 Å². The molecule has 2 aromatic rings. The van der Waals surface area contributed by atoms with E-state index < -0.39 is 0 Å². The summed E-state index contributed by atoms with van der Waals surface area (Å²) in [5.41, 5.74) is 1.91. The first kappa shape index (κ1) is 14.1. The summed E-state index contributed by atoms with van der Waals surface area (Å²) in [5.74, 6) is 1.24. The summed E-state index contributed by atoms with van der Waals surface area (Å²) >= 11 is 0.